The van der Waals surface area contributed by atoms with Crippen LogP contribution in [0.1, 0.15) is 46.0 Å². The van der Waals surface area contributed by atoms with E-state index < -0.39 is 6.16 Å². The van der Waals surface area contributed by atoms with Crippen LogP contribution in [0.4, 0.5) is 4.79 Å². The maximum absolute atomic E-state index is 11.3. The van der Waals surface area contributed by atoms with Gasteiger partial charge < -0.3 is 9.47 Å². The van der Waals surface area contributed by atoms with E-state index in [1.54, 1.807) is 0 Å². The summed E-state index contributed by atoms with van der Waals surface area (Å²) >= 11 is 2.03. The van der Waals surface area contributed by atoms with Crippen molar-refractivity contribution >= 4 is 28.7 Å². The number of carbonyl (C=O) groups is 1. The first-order valence-corrected chi connectivity index (χ1v) is 6.30. The molecule has 1 rings (SSSR count). The van der Waals surface area contributed by atoms with Gasteiger partial charge in [0.2, 0.25) is 0 Å². The van der Waals surface area contributed by atoms with E-state index in [4.69, 9.17) is 9.47 Å². The van der Waals surface area contributed by atoms with Crippen LogP contribution in [-0.2, 0) is 9.47 Å². The van der Waals surface area contributed by atoms with Crippen LogP contribution in [0, 0.1) is 0 Å². The number of ether oxygens (including phenoxy) is 2. The lowest BCUT2D eigenvalue weighted by Crippen LogP contribution is -2.34. The summed E-state index contributed by atoms with van der Waals surface area (Å²) in [5, 5.41) is 0. The highest BCUT2D eigenvalue weighted by molar-refractivity contribution is 14.1. The topological polar surface area (TPSA) is 35.5 Å². The quantitative estimate of drug-likeness (QED) is 0.444. The zero-order chi connectivity index (χ0) is 10.6. The third-order valence-electron chi connectivity index (χ3n) is 2.50. The lowest BCUT2D eigenvalue weighted by Gasteiger charge is -2.32. The van der Waals surface area contributed by atoms with Gasteiger partial charge in [-0.15, -0.1) is 0 Å². The van der Waals surface area contributed by atoms with Gasteiger partial charge in [0.05, 0.1) is 0 Å². The van der Waals surface area contributed by atoms with E-state index in [-0.39, 0.29) is 9.71 Å². The minimum Gasteiger partial charge on any atom is -0.428 e. The minimum absolute atomic E-state index is 0.132. The van der Waals surface area contributed by atoms with Crippen LogP contribution in [-0.4, -0.2) is 15.9 Å². The first-order chi connectivity index (χ1) is 6.52. The highest BCUT2D eigenvalue weighted by Gasteiger charge is 2.31. The summed E-state index contributed by atoms with van der Waals surface area (Å²) in [5.41, 5.74) is -0.291. The Morgan fingerprint density at radius 1 is 1.36 bits per heavy atom. The smallest absolute Gasteiger partial charge is 0.428 e. The van der Waals surface area contributed by atoms with E-state index in [0.29, 0.717) is 0 Å². The van der Waals surface area contributed by atoms with Gasteiger partial charge in [-0.1, -0.05) is 6.42 Å². The van der Waals surface area contributed by atoms with Crippen molar-refractivity contribution in [2.24, 2.45) is 0 Å². The second kappa shape index (κ2) is 5.19. The Balaban J connectivity index is 2.37. The molecule has 0 amide bonds. The van der Waals surface area contributed by atoms with E-state index in [2.05, 4.69) is 0 Å². The third-order valence-corrected chi connectivity index (χ3v) is 2.75. The SMILES string of the molecule is CC(I)OC(=O)OC1(C)CCCCC1. The molecule has 3 nitrogen and oxygen atoms in total. The largest absolute Gasteiger partial charge is 0.509 e. The maximum Gasteiger partial charge on any atom is 0.509 e. The van der Waals surface area contributed by atoms with Gasteiger partial charge >= 0.3 is 6.16 Å². The van der Waals surface area contributed by atoms with Gasteiger partial charge in [0.1, 0.15) is 5.60 Å². The first kappa shape index (κ1) is 12.1. The lowest BCUT2D eigenvalue weighted by molar-refractivity contribution is -0.0443. The Labute approximate surface area is 98.7 Å². The third kappa shape index (κ3) is 4.02. The van der Waals surface area contributed by atoms with Gasteiger partial charge in [0.15, 0.2) is 4.11 Å². The number of alkyl halides is 1. The van der Waals surface area contributed by atoms with Crippen molar-refractivity contribution in [1.29, 1.82) is 0 Å². The second-order valence-electron chi connectivity index (χ2n) is 4.02. The van der Waals surface area contributed by atoms with E-state index in [0.717, 1.165) is 25.7 Å². The molecule has 0 N–H and O–H groups in total. The number of halogens is 1. The van der Waals surface area contributed by atoms with Crippen LogP contribution < -0.4 is 0 Å². The molecule has 0 radical (unpaired) electrons. The molecular formula is C10H17IO3. The fourth-order valence-electron chi connectivity index (χ4n) is 1.76. The molecule has 82 valence electrons. The fraction of sp³-hybridized carbons (Fsp3) is 0.900. The van der Waals surface area contributed by atoms with Crippen LogP contribution in [0.5, 0.6) is 0 Å². The Kier molecular flexibility index (Phi) is 4.47. The molecule has 1 aliphatic carbocycles. The van der Waals surface area contributed by atoms with E-state index in [1.807, 2.05) is 36.4 Å². The number of carbonyl (C=O) groups excluding carboxylic acids is 1. The van der Waals surface area contributed by atoms with Crippen LogP contribution in [0.15, 0.2) is 0 Å². The number of rotatable bonds is 2. The molecule has 0 aliphatic heterocycles. The molecule has 0 bridgehead atoms. The zero-order valence-corrected chi connectivity index (χ0v) is 10.9. The predicted octanol–water partition coefficient (Wildman–Crippen LogP) is 3.64. The van der Waals surface area contributed by atoms with Crippen LogP contribution in [0.25, 0.3) is 0 Å². The monoisotopic (exact) mass is 312 g/mol. The van der Waals surface area contributed by atoms with Crippen molar-refractivity contribution in [1.82, 2.24) is 0 Å². The van der Waals surface area contributed by atoms with Crippen LogP contribution in [0.3, 0.4) is 0 Å². The highest BCUT2D eigenvalue weighted by Crippen LogP contribution is 2.31. The molecule has 4 heteroatoms. The van der Waals surface area contributed by atoms with Crippen molar-refractivity contribution in [2.45, 2.75) is 55.7 Å². The van der Waals surface area contributed by atoms with Crippen molar-refractivity contribution in [3.8, 4) is 0 Å². The molecule has 0 heterocycles. The van der Waals surface area contributed by atoms with Gasteiger partial charge in [0.25, 0.3) is 0 Å². The molecule has 1 unspecified atom stereocenters. The maximum atomic E-state index is 11.3. The molecule has 0 aromatic carbocycles. The molecule has 0 aromatic rings. The average Bonchev–Trinajstić information content (AvgIpc) is 2.02. The summed E-state index contributed by atoms with van der Waals surface area (Å²) < 4.78 is 10.1. The van der Waals surface area contributed by atoms with Gasteiger partial charge in [-0.05, 0) is 62.1 Å². The summed E-state index contributed by atoms with van der Waals surface area (Å²) in [6, 6.07) is 0. The Morgan fingerprint density at radius 2 is 1.93 bits per heavy atom. The molecule has 14 heavy (non-hydrogen) atoms. The summed E-state index contributed by atoms with van der Waals surface area (Å²) in [5.74, 6) is 0. The first-order valence-electron chi connectivity index (χ1n) is 5.05. The average molecular weight is 312 g/mol. The molecule has 1 fully saturated rings. The van der Waals surface area contributed by atoms with E-state index in [1.165, 1.54) is 6.42 Å². The molecule has 0 aromatic heterocycles. The highest BCUT2D eigenvalue weighted by atomic mass is 127. The van der Waals surface area contributed by atoms with Crippen molar-refractivity contribution in [3.63, 3.8) is 0 Å². The zero-order valence-electron chi connectivity index (χ0n) is 8.72. The predicted molar refractivity (Wildman–Crippen MR) is 62.5 cm³/mol. The Morgan fingerprint density at radius 3 is 2.43 bits per heavy atom. The number of hydrogen-bond donors (Lipinski definition) is 0. The van der Waals surface area contributed by atoms with E-state index in [9.17, 15) is 4.79 Å². The number of hydrogen-bond acceptors (Lipinski definition) is 3. The fourth-order valence-corrected chi connectivity index (χ4v) is 1.97. The van der Waals surface area contributed by atoms with Crippen molar-refractivity contribution in [2.75, 3.05) is 0 Å². The van der Waals surface area contributed by atoms with Gasteiger partial charge in [-0.25, -0.2) is 4.79 Å². The molecule has 1 atom stereocenters. The molecule has 1 aliphatic rings. The van der Waals surface area contributed by atoms with Gasteiger partial charge in [-0.2, -0.15) is 0 Å². The van der Waals surface area contributed by atoms with Crippen molar-refractivity contribution in [3.05, 3.63) is 0 Å². The second-order valence-corrected chi connectivity index (χ2v) is 5.78. The van der Waals surface area contributed by atoms with Crippen LogP contribution >= 0.6 is 22.6 Å². The molecule has 0 spiro atoms. The molecule has 1 saturated carbocycles. The Hall–Kier alpha value is 0. The van der Waals surface area contributed by atoms with E-state index >= 15 is 0 Å². The summed E-state index contributed by atoms with van der Waals surface area (Å²) in [4.78, 5) is 11.3. The molecular weight excluding hydrogens is 295 g/mol. The lowest BCUT2D eigenvalue weighted by atomic mass is 9.86. The van der Waals surface area contributed by atoms with Gasteiger partial charge in [0, 0.05) is 0 Å². The summed E-state index contributed by atoms with van der Waals surface area (Å²) in [6.07, 6.45) is 4.91. The summed E-state index contributed by atoms with van der Waals surface area (Å²) in [7, 11) is 0. The van der Waals surface area contributed by atoms with Gasteiger partial charge in [-0.3, -0.25) is 0 Å². The summed E-state index contributed by atoms with van der Waals surface area (Å²) in [6.45, 7) is 3.80. The van der Waals surface area contributed by atoms with Crippen molar-refractivity contribution < 1.29 is 14.3 Å². The Bertz CT molecular complexity index is 198. The standard InChI is InChI=1S/C10H17IO3/c1-8(11)13-9(12)14-10(2)6-4-3-5-7-10/h8H,3-7H2,1-2H3. The molecule has 0 saturated heterocycles. The minimum atomic E-state index is -0.531. The van der Waals surface area contributed by atoms with Crippen LogP contribution in [0.2, 0.25) is 0 Å². The normalized spacial score (nSPS) is 22.5.